The Morgan fingerprint density at radius 2 is 2.32 bits per heavy atom. The minimum absolute atomic E-state index is 0.123. The van der Waals surface area contributed by atoms with Gasteiger partial charge in [0, 0.05) is 6.54 Å². The maximum Gasteiger partial charge on any atom is 0.394 e. The zero-order chi connectivity index (χ0) is 15.7. The number of morpholine rings is 1. The summed E-state index contributed by atoms with van der Waals surface area (Å²) in [6.07, 6.45) is 0.615. The van der Waals surface area contributed by atoms with Crippen LogP contribution in [-0.4, -0.2) is 46.1 Å². The van der Waals surface area contributed by atoms with E-state index in [0.29, 0.717) is 13.2 Å². The number of carbonyl (C=O) groups excluding carboxylic acids is 1. The summed E-state index contributed by atoms with van der Waals surface area (Å²) in [6, 6.07) is 5.35. The zero-order valence-electron chi connectivity index (χ0n) is 12.1. The zero-order valence-corrected chi connectivity index (χ0v) is 12.9. The van der Waals surface area contributed by atoms with E-state index < -0.39 is 17.9 Å². The average molecular weight is 320 g/mol. The van der Waals surface area contributed by atoms with Gasteiger partial charge < -0.3 is 14.7 Å². The van der Waals surface area contributed by atoms with Crippen LogP contribution in [0.1, 0.15) is 24.9 Å². The molecule has 0 bridgehead atoms. The fraction of sp³-hybridized carbons (Fsp3) is 0.400. The lowest BCUT2D eigenvalue weighted by atomic mass is 10.0. The van der Waals surface area contributed by atoms with Gasteiger partial charge in [0.15, 0.2) is 0 Å². The molecule has 0 radical (unpaired) electrons. The van der Waals surface area contributed by atoms with Crippen LogP contribution in [0.3, 0.4) is 0 Å². The first-order valence-corrected chi connectivity index (χ1v) is 7.96. The predicted octanol–water partition coefficient (Wildman–Crippen LogP) is 2.06. The van der Waals surface area contributed by atoms with Gasteiger partial charge >= 0.3 is 11.9 Å². The molecule has 1 saturated heterocycles. The van der Waals surface area contributed by atoms with Gasteiger partial charge in [0.05, 0.1) is 34.5 Å². The lowest BCUT2D eigenvalue weighted by Gasteiger charge is -2.38. The molecule has 1 aromatic carbocycles. The highest BCUT2D eigenvalue weighted by Crippen LogP contribution is 2.30. The third-order valence-electron chi connectivity index (χ3n) is 3.90. The van der Waals surface area contributed by atoms with Crippen molar-refractivity contribution in [3.8, 4) is 0 Å². The molecular formula is C15H16N2O4S. The Morgan fingerprint density at radius 3 is 3.05 bits per heavy atom. The smallest absolute Gasteiger partial charge is 0.394 e. The molecule has 1 aromatic heterocycles. The SMILES string of the molecule is CCC1CN(C(=O)C(=O)O)C(c2ccc3scnc3c2)CO1. The first-order valence-electron chi connectivity index (χ1n) is 7.08. The second-order valence-corrected chi connectivity index (χ2v) is 6.11. The van der Waals surface area contributed by atoms with Gasteiger partial charge in [0.1, 0.15) is 0 Å². The largest absolute Gasteiger partial charge is 0.474 e. The molecular weight excluding hydrogens is 304 g/mol. The lowest BCUT2D eigenvalue weighted by Crippen LogP contribution is -2.49. The van der Waals surface area contributed by atoms with E-state index in [1.807, 2.05) is 25.1 Å². The summed E-state index contributed by atoms with van der Waals surface area (Å²) in [6.45, 7) is 2.55. The van der Waals surface area contributed by atoms with E-state index in [-0.39, 0.29) is 6.10 Å². The van der Waals surface area contributed by atoms with E-state index in [1.54, 1.807) is 16.8 Å². The van der Waals surface area contributed by atoms with Gasteiger partial charge in [0.25, 0.3) is 0 Å². The van der Waals surface area contributed by atoms with Crippen LogP contribution in [0.5, 0.6) is 0 Å². The molecule has 0 saturated carbocycles. The minimum Gasteiger partial charge on any atom is -0.474 e. The lowest BCUT2D eigenvalue weighted by molar-refractivity contribution is -0.163. The van der Waals surface area contributed by atoms with Crippen molar-refractivity contribution < 1.29 is 19.4 Å². The number of hydrogen-bond acceptors (Lipinski definition) is 5. The highest BCUT2D eigenvalue weighted by Gasteiger charge is 2.35. The molecule has 22 heavy (non-hydrogen) atoms. The summed E-state index contributed by atoms with van der Waals surface area (Å²) < 4.78 is 6.80. The third-order valence-corrected chi connectivity index (χ3v) is 4.71. The van der Waals surface area contributed by atoms with Crippen molar-refractivity contribution in [1.82, 2.24) is 9.88 Å². The van der Waals surface area contributed by atoms with Gasteiger partial charge in [-0.05, 0) is 24.1 Å². The second kappa shape index (κ2) is 6.02. The van der Waals surface area contributed by atoms with E-state index in [4.69, 9.17) is 9.84 Å². The highest BCUT2D eigenvalue weighted by atomic mass is 32.1. The van der Waals surface area contributed by atoms with Crippen molar-refractivity contribution >= 4 is 33.4 Å². The summed E-state index contributed by atoms with van der Waals surface area (Å²) in [7, 11) is 0. The van der Waals surface area contributed by atoms with Crippen molar-refractivity contribution in [3.63, 3.8) is 0 Å². The molecule has 0 aliphatic carbocycles. The van der Waals surface area contributed by atoms with Crippen LogP contribution in [0, 0.1) is 0 Å². The Kier molecular flexibility index (Phi) is 4.08. The number of carboxylic acid groups (broad SMARTS) is 1. The maximum absolute atomic E-state index is 12.0. The van der Waals surface area contributed by atoms with Gasteiger partial charge in [-0.1, -0.05) is 13.0 Å². The summed E-state index contributed by atoms with van der Waals surface area (Å²) in [5.41, 5.74) is 3.46. The number of hydrogen-bond donors (Lipinski definition) is 1. The van der Waals surface area contributed by atoms with Crippen molar-refractivity contribution in [1.29, 1.82) is 0 Å². The van der Waals surface area contributed by atoms with Crippen LogP contribution in [0.25, 0.3) is 10.2 Å². The number of carbonyl (C=O) groups is 2. The van der Waals surface area contributed by atoms with E-state index in [1.165, 1.54) is 4.90 Å². The standard InChI is InChI=1S/C15H16N2O4S/c1-2-10-6-17(14(18)15(19)20)12(7-21-10)9-3-4-13-11(5-9)16-8-22-13/h3-5,8,10,12H,2,6-7H2,1H3,(H,19,20). The number of benzene rings is 1. The third kappa shape index (κ3) is 2.69. The van der Waals surface area contributed by atoms with Crippen LogP contribution >= 0.6 is 11.3 Å². The number of amides is 1. The summed E-state index contributed by atoms with van der Waals surface area (Å²) in [4.78, 5) is 28.8. The number of thiazole rings is 1. The van der Waals surface area contributed by atoms with E-state index >= 15 is 0 Å². The van der Waals surface area contributed by atoms with Crippen molar-refractivity contribution in [2.75, 3.05) is 13.2 Å². The summed E-state index contributed by atoms with van der Waals surface area (Å²) in [5.74, 6) is -2.32. The molecule has 2 unspecified atom stereocenters. The minimum atomic E-state index is -1.43. The van der Waals surface area contributed by atoms with Gasteiger partial charge in [0.2, 0.25) is 0 Å². The van der Waals surface area contributed by atoms with Crippen LogP contribution in [0.2, 0.25) is 0 Å². The molecule has 1 fully saturated rings. The molecule has 1 N–H and O–H groups in total. The summed E-state index contributed by atoms with van der Waals surface area (Å²) >= 11 is 1.54. The van der Waals surface area contributed by atoms with Gasteiger partial charge in [-0.3, -0.25) is 4.79 Å². The molecule has 7 heteroatoms. The van der Waals surface area contributed by atoms with E-state index in [9.17, 15) is 9.59 Å². The van der Waals surface area contributed by atoms with Crippen LogP contribution in [0.15, 0.2) is 23.7 Å². The fourth-order valence-corrected chi connectivity index (χ4v) is 3.33. The monoisotopic (exact) mass is 320 g/mol. The molecule has 6 nitrogen and oxygen atoms in total. The fourth-order valence-electron chi connectivity index (χ4n) is 2.67. The Balaban J connectivity index is 1.94. The molecule has 2 atom stereocenters. The number of aromatic nitrogens is 1. The van der Waals surface area contributed by atoms with Gasteiger partial charge in [-0.2, -0.15) is 0 Å². The quantitative estimate of drug-likeness (QED) is 0.857. The van der Waals surface area contributed by atoms with Crippen molar-refractivity contribution in [3.05, 3.63) is 29.3 Å². The molecule has 116 valence electrons. The van der Waals surface area contributed by atoms with E-state index in [2.05, 4.69) is 4.98 Å². The topological polar surface area (TPSA) is 79.7 Å². The molecule has 2 heterocycles. The Hall–Kier alpha value is -1.99. The van der Waals surface area contributed by atoms with Crippen molar-refractivity contribution in [2.45, 2.75) is 25.5 Å². The maximum atomic E-state index is 12.0. The molecule has 1 aliphatic heterocycles. The van der Waals surface area contributed by atoms with Crippen LogP contribution < -0.4 is 0 Å². The first kappa shape index (κ1) is 14.9. The molecule has 3 rings (SSSR count). The molecule has 2 aromatic rings. The average Bonchev–Trinajstić information content (AvgIpc) is 3.00. The van der Waals surface area contributed by atoms with Crippen molar-refractivity contribution in [2.24, 2.45) is 0 Å². The first-order chi connectivity index (χ1) is 10.6. The van der Waals surface area contributed by atoms with Crippen LogP contribution in [0.4, 0.5) is 0 Å². The number of carboxylic acids is 1. The number of aliphatic carboxylic acids is 1. The Labute approximate surface area is 131 Å². The van der Waals surface area contributed by atoms with E-state index in [0.717, 1.165) is 22.2 Å². The Bertz CT molecular complexity index is 714. The van der Waals surface area contributed by atoms with Gasteiger partial charge in [-0.25, -0.2) is 9.78 Å². The number of nitrogens with zero attached hydrogens (tertiary/aromatic N) is 2. The van der Waals surface area contributed by atoms with Gasteiger partial charge in [-0.15, -0.1) is 11.3 Å². The predicted molar refractivity (Wildman–Crippen MR) is 81.7 cm³/mol. The normalized spacial score (nSPS) is 22.0. The molecule has 1 aliphatic rings. The highest BCUT2D eigenvalue weighted by molar-refractivity contribution is 7.16. The number of rotatable bonds is 2. The summed E-state index contributed by atoms with van der Waals surface area (Å²) in [5, 5.41) is 9.05. The molecule has 0 spiro atoms. The van der Waals surface area contributed by atoms with Crippen LogP contribution in [-0.2, 0) is 14.3 Å². The number of ether oxygens (including phenoxy) is 1. The second-order valence-electron chi connectivity index (χ2n) is 5.22. The Morgan fingerprint density at radius 1 is 1.50 bits per heavy atom. The molecule has 1 amide bonds. The number of fused-ring (bicyclic) bond motifs is 1.